The van der Waals surface area contributed by atoms with E-state index in [2.05, 4.69) is 12.3 Å². The van der Waals surface area contributed by atoms with Gasteiger partial charge in [-0.3, -0.25) is 9.59 Å². The molecular formula is C8H18N2O4. The van der Waals surface area contributed by atoms with Gasteiger partial charge in [-0.05, 0) is 20.8 Å². The van der Waals surface area contributed by atoms with E-state index in [4.69, 9.17) is 10.8 Å². The van der Waals surface area contributed by atoms with E-state index < -0.39 is 17.4 Å². The van der Waals surface area contributed by atoms with Crippen LogP contribution in [-0.4, -0.2) is 28.0 Å². The van der Waals surface area contributed by atoms with Crippen LogP contribution in [0.1, 0.15) is 20.8 Å². The molecule has 7 N–H and O–H groups in total. The summed E-state index contributed by atoms with van der Waals surface area (Å²) in [6.07, 6.45) is 0. The third-order valence-corrected chi connectivity index (χ3v) is 1.02. The zero-order valence-corrected chi connectivity index (χ0v) is 8.63. The Hall–Kier alpha value is -1.40. The molecule has 0 saturated heterocycles. The van der Waals surface area contributed by atoms with Crippen LogP contribution >= 0.6 is 0 Å². The van der Waals surface area contributed by atoms with Gasteiger partial charge in [0.25, 0.3) is 0 Å². The molecule has 0 unspecified atom stereocenters. The Morgan fingerprint density at radius 1 is 1.29 bits per heavy atom. The molecule has 6 heteroatoms. The Bertz CT molecular complexity index is 206. The first kappa shape index (κ1) is 18.4. The van der Waals surface area contributed by atoms with Crippen molar-refractivity contribution in [3.8, 4) is 0 Å². The Balaban J connectivity index is -0.000000163. The summed E-state index contributed by atoms with van der Waals surface area (Å²) in [5.74, 6) is -1.14. The summed E-state index contributed by atoms with van der Waals surface area (Å²) in [5, 5.41) is 8.62. The molecule has 0 aliphatic rings. The maximum atomic E-state index is 9.99. The summed E-state index contributed by atoms with van der Waals surface area (Å²) in [5.41, 5.74) is 8.41. The lowest BCUT2D eigenvalue weighted by Crippen LogP contribution is -2.37. The predicted molar refractivity (Wildman–Crippen MR) is 53.1 cm³/mol. The number of carbonyl (C=O) groups excluding carboxylic acids is 2. The van der Waals surface area contributed by atoms with Crippen LogP contribution < -0.4 is 11.5 Å². The smallest absolute Gasteiger partial charge is 0.248 e. The summed E-state index contributed by atoms with van der Waals surface area (Å²) in [6, 6.07) is 0. The first-order chi connectivity index (χ1) is 5.59. The van der Waals surface area contributed by atoms with E-state index in [-0.39, 0.29) is 5.48 Å². The van der Waals surface area contributed by atoms with Gasteiger partial charge in [-0.15, -0.1) is 0 Å². The van der Waals surface area contributed by atoms with E-state index in [0.717, 1.165) is 0 Å². The summed E-state index contributed by atoms with van der Waals surface area (Å²) in [7, 11) is 0. The lowest BCUT2D eigenvalue weighted by Gasteiger charge is -2.09. The molecule has 0 aliphatic carbocycles. The predicted octanol–water partition coefficient (Wildman–Crippen LogP) is -1.53. The molecule has 0 fully saturated rings. The molecule has 6 nitrogen and oxygen atoms in total. The number of rotatable bonds is 2. The summed E-state index contributed by atoms with van der Waals surface area (Å²) in [6.45, 7) is 7.54. The lowest BCUT2D eigenvalue weighted by molar-refractivity contribution is -0.132. The van der Waals surface area contributed by atoms with Crippen LogP contribution in [0.2, 0.25) is 0 Å². The number of carbonyl (C=O) groups is 2. The normalized spacial score (nSPS) is 8.86. The van der Waals surface area contributed by atoms with E-state index in [9.17, 15) is 9.59 Å². The lowest BCUT2D eigenvalue weighted by atomic mass is 10.1. The molecule has 0 spiro atoms. The topological polar surface area (TPSA) is 138 Å². The highest BCUT2D eigenvalue weighted by atomic mass is 16.3. The van der Waals surface area contributed by atoms with Gasteiger partial charge in [0.15, 0.2) is 0 Å². The van der Waals surface area contributed by atoms with Crippen molar-refractivity contribution in [1.82, 2.24) is 0 Å². The van der Waals surface area contributed by atoms with E-state index in [0.29, 0.717) is 5.57 Å². The Kier molecular flexibility index (Phi) is 9.26. The summed E-state index contributed by atoms with van der Waals surface area (Å²) in [4.78, 5) is 19.8. The first-order valence-electron chi connectivity index (χ1n) is 3.56. The minimum absolute atomic E-state index is 0. The Labute approximate surface area is 82.9 Å². The monoisotopic (exact) mass is 206 g/mol. The molecule has 0 aromatic rings. The van der Waals surface area contributed by atoms with Crippen LogP contribution in [0.4, 0.5) is 0 Å². The zero-order valence-electron chi connectivity index (χ0n) is 8.63. The van der Waals surface area contributed by atoms with E-state index >= 15 is 0 Å². The van der Waals surface area contributed by atoms with Gasteiger partial charge < -0.3 is 22.1 Å². The molecule has 0 aromatic heterocycles. The van der Waals surface area contributed by atoms with Gasteiger partial charge in [0.05, 0.1) is 0 Å². The highest BCUT2D eigenvalue weighted by Crippen LogP contribution is 1.95. The van der Waals surface area contributed by atoms with Crippen molar-refractivity contribution in [3.05, 3.63) is 12.2 Å². The largest absolute Gasteiger partial charge is 0.412 e. The molecule has 0 radical (unpaired) electrons. The fourth-order valence-corrected chi connectivity index (χ4v) is 0. The molecule has 0 atom stereocenters. The second kappa shape index (κ2) is 7.05. The molecule has 0 heterocycles. The van der Waals surface area contributed by atoms with Crippen LogP contribution in [0.3, 0.4) is 0 Å². The Morgan fingerprint density at radius 3 is 1.43 bits per heavy atom. The van der Waals surface area contributed by atoms with Crippen LogP contribution in [-0.2, 0) is 9.59 Å². The Morgan fingerprint density at radius 2 is 1.43 bits per heavy atom. The highest BCUT2D eigenvalue weighted by Gasteiger charge is 2.18. The van der Waals surface area contributed by atoms with E-state index in [1.807, 2.05) is 0 Å². The van der Waals surface area contributed by atoms with Crippen LogP contribution in [0, 0.1) is 0 Å². The van der Waals surface area contributed by atoms with Crippen molar-refractivity contribution < 1.29 is 20.2 Å². The minimum atomic E-state index is -1.36. The van der Waals surface area contributed by atoms with Gasteiger partial charge in [-0.25, -0.2) is 0 Å². The van der Waals surface area contributed by atoms with Gasteiger partial charge in [-0.1, -0.05) is 6.58 Å². The molecule has 0 rings (SSSR count). The van der Waals surface area contributed by atoms with Gasteiger partial charge >= 0.3 is 0 Å². The number of nitrogens with two attached hydrogens (primary N) is 2. The van der Waals surface area contributed by atoms with Gasteiger partial charge in [0, 0.05) is 5.57 Å². The maximum absolute atomic E-state index is 9.99. The first-order valence-corrected chi connectivity index (χ1v) is 3.56. The quantitative estimate of drug-likeness (QED) is 0.472. The van der Waals surface area contributed by atoms with Crippen LogP contribution in [0.25, 0.3) is 0 Å². The number of hydrogen-bond donors (Lipinski definition) is 3. The number of amides is 2. The molecule has 84 valence electrons. The highest BCUT2D eigenvalue weighted by molar-refractivity contribution is 5.90. The second-order valence-electron chi connectivity index (χ2n) is 3.07. The second-order valence-corrected chi connectivity index (χ2v) is 3.07. The van der Waals surface area contributed by atoms with Crippen molar-refractivity contribution in [1.29, 1.82) is 0 Å². The number of aliphatic hydroxyl groups is 1. The molecule has 0 saturated carbocycles. The van der Waals surface area contributed by atoms with Gasteiger partial charge in [0.1, 0.15) is 5.60 Å². The number of hydrogen-bond acceptors (Lipinski definition) is 3. The zero-order chi connectivity index (χ0) is 11.2. The maximum Gasteiger partial charge on any atom is 0.248 e. The molecular weight excluding hydrogens is 188 g/mol. The third kappa shape index (κ3) is 13.2. The van der Waals surface area contributed by atoms with E-state index in [1.165, 1.54) is 13.8 Å². The average molecular weight is 206 g/mol. The van der Waals surface area contributed by atoms with Crippen molar-refractivity contribution >= 4 is 11.8 Å². The fraction of sp³-hybridized carbons (Fsp3) is 0.500. The van der Waals surface area contributed by atoms with Crippen molar-refractivity contribution in [2.45, 2.75) is 26.4 Å². The van der Waals surface area contributed by atoms with E-state index in [1.54, 1.807) is 6.92 Å². The van der Waals surface area contributed by atoms with Crippen molar-refractivity contribution in [2.24, 2.45) is 11.5 Å². The molecule has 0 bridgehead atoms. The SMILES string of the molecule is C=C(C)C(N)=O.CC(C)(O)C(N)=O.O. The minimum Gasteiger partial charge on any atom is -0.412 e. The third-order valence-electron chi connectivity index (χ3n) is 1.02. The fourth-order valence-electron chi connectivity index (χ4n) is 0. The van der Waals surface area contributed by atoms with Crippen LogP contribution in [0.15, 0.2) is 12.2 Å². The number of primary amides is 2. The molecule has 0 aromatic carbocycles. The summed E-state index contributed by atoms with van der Waals surface area (Å²) < 4.78 is 0. The molecule has 14 heavy (non-hydrogen) atoms. The standard InChI is InChI=1S/C4H9NO2.C4H7NO.H2O/c1-4(2,7)3(5)6;1-3(2)4(5)6;/h7H,1-2H3,(H2,5,6);1H2,2H3,(H2,5,6);1H2. The van der Waals surface area contributed by atoms with Crippen molar-refractivity contribution in [3.63, 3.8) is 0 Å². The molecule has 0 aliphatic heterocycles. The molecule has 2 amide bonds. The van der Waals surface area contributed by atoms with Gasteiger partial charge in [0.2, 0.25) is 11.8 Å². The average Bonchev–Trinajstić information content (AvgIpc) is 1.86. The van der Waals surface area contributed by atoms with Crippen LogP contribution in [0.5, 0.6) is 0 Å². The van der Waals surface area contributed by atoms with Gasteiger partial charge in [-0.2, -0.15) is 0 Å². The van der Waals surface area contributed by atoms with Crippen molar-refractivity contribution in [2.75, 3.05) is 0 Å². The summed E-state index contributed by atoms with van der Waals surface area (Å²) >= 11 is 0.